The van der Waals surface area contributed by atoms with Crippen LogP contribution in [0, 0.1) is 0 Å². The van der Waals surface area contributed by atoms with Crippen LogP contribution in [0.5, 0.6) is 0 Å². The van der Waals surface area contributed by atoms with Gasteiger partial charge in [-0.05, 0) is 32.9 Å². The third kappa shape index (κ3) is 2.15. The van der Waals surface area contributed by atoms with Crippen LogP contribution in [-0.4, -0.2) is 28.3 Å². The first kappa shape index (κ1) is 13.8. The Bertz CT molecular complexity index is 452. The Hall–Kier alpha value is -0.650. The van der Waals surface area contributed by atoms with Crippen LogP contribution in [-0.2, 0) is 10.5 Å². The molecule has 1 aliphatic heterocycles. The van der Waals surface area contributed by atoms with Crippen molar-refractivity contribution in [2.24, 2.45) is 5.84 Å². The maximum absolute atomic E-state index is 10.7. The van der Waals surface area contributed by atoms with E-state index in [9.17, 15) is 5.11 Å². The first-order chi connectivity index (χ1) is 8.27. The normalized spacial score (nSPS) is 32.4. The Morgan fingerprint density at radius 2 is 2.17 bits per heavy atom. The maximum Gasteiger partial charge on any atom is 0.209 e. The molecule has 0 spiro atoms. The van der Waals surface area contributed by atoms with E-state index in [2.05, 4.69) is 0 Å². The highest BCUT2D eigenvalue weighted by Gasteiger charge is 2.49. The quantitative estimate of drug-likeness (QED) is 0.765. The Morgan fingerprint density at radius 1 is 1.50 bits per heavy atom. The molecule has 5 heteroatoms. The van der Waals surface area contributed by atoms with Crippen LogP contribution in [0.2, 0.25) is 5.02 Å². The number of ether oxygens (including phenoxy) is 1. The highest BCUT2D eigenvalue weighted by Crippen LogP contribution is 2.37. The third-order valence-electron chi connectivity index (χ3n) is 3.57. The summed E-state index contributed by atoms with van der Waals surface area (Å²) in [5, 5.41) is 12.9. The molecule has 1 aromatic rings. The molecule has 2 unspecified atom stereocenters. The van der Waals surface area contributed by atoms with Crippen molar-refractivity contribution in [2.45, 2.75) is 38.1 Å². The van der Waals surface area contributed by atoms with Gasteiger partial charge in [-0.25, -0.2) is 5.01 Å². The second-order valence-corrected chi connectivity index (χ2v) is 5.83. The lowest BCUT2D eigenvalue weighted by Crippen LogP contribution is -2.67. The zero-order valence-corrected chi connectivity index (χ0v) is 11.6. The minimum atomic E-state index is -1.44. The first-order valence-electron chi connectivity index (χ1n) is 5.94. The molecule has 1 aromatic carbocycles. The van der Waals surface area contributed by atoms with E-state index in [0.717, 1.165) is 0 Å². The summed E-state index contributed by atoms with van der Waals surface area (Å²) in [6.07, 6.45) is 0. The molecule has 1 aliphatic rings. The molecular formula is C13H19ClN2O2. The van der Waals surface area contributed by atoms with E-state index in [-0.39, 0.29) is 11.6 Å². The number of nitrogens with zero attached hydrogens (tertiary/aromatic N) is 1. The molecule has 0 radical (unpaired) electrons. The molecule has 4 nitrogen and oxygen atoms in total. The van der Waals surface area contributed by atoms with Crippen LogP contribution >= 0.6 is 11.6 Å². The summed E-state index contributed by atoms with van der Waals surface area (Å²) in [6.45, 7) is 6.13. The fraction of sp³-hybridized carbons (Fsp3) is 0.538. The predicted octanol–water partition coefficient (Wildman–Crippen LogP) is 1.86. The monoisotopic (exact) mass is 270 g/mol. The molecule has 0 aromatic heterocycles. The number of benzene rings is 1. The third-order valence-corrected chi connectivity index (χ3v) is 3.80. The van der Waals surface area contributed by atoms with Gasteiger partial charge in [-0.1, -0.05) is 23.7 Å². The van der Waals surface area contributed by atoms with E-state index in [4.69, 9.17) is 22.2 Å². The van der Waals surface area contributed by atoms with Gasteiger partial charge < -0.3 is 9.84 Å². The Morgan fingerprint density at radius 3 is 2.78 bits per heavy atom. The molecule has 18 heavy (non-hydrogen) atoms. The number of nitrogens with two attached hydrogens (primary N) is 1. The maximum atomic E-state index is 10.7. The Balaban J connectivity index is 2.38. The summed E-state index contributed by atoms with van der Waals surface area (Å²) in [6, 6.07) is 6.65. The summed E-state index contributed by atoms with van der Waals surface area (Å²) in [5.74, 6) is 4.63. The predicted molar refractivity (Wildman–Crippen MR) is 70.9 cm³/mol. The van der Waals surface area contributed by atoms with Gasteiger partial charge in [0.15, 0.2) is 0 Å². The van der Waals surface area contributed by atoms with Gasteiger partial charge in [0.2, 0.25) is 5.79 Å². The van der Waals surface area contributed by atoms with Crippen LogP contribution in [0.15, 0.2) is 24.3 Å². The topological polar surface area (TPSA) is 58.7 Å². The second-order valence-electron chi connectivity index (χ2n) is 5.39. The number of hydrogen-bond donors (Lipinski definition) is 2. The van der Waals surface area contributed by atoms with Gasteiger partial charge in [-0.15, -0.1) is 0 Å². The van der Waals surface area contributed by atoms with Crippen molar-refractivity contribution in [3.8, 4) is 0 Å². The van der Waals surface area contributed by atoms with Crippen molar-refractivity contribution in [1.82, 2.24) is 5.01 Å². The minimum Gasteiger partial charge on any atom is -0.361 e. The molecule has 100 valence electrons. The lowest BCUT2D eigenvalue weighted by Gasteiger charge is -2.51. The van der Waals surface area contributed by atoms with Gasteiger partial charge in [0.05, 0.1) is 18.2 Å². The van der Waals surface area contributed by atoms with Crippen molar-refractivity contribution in [2.75, 3.05) is 6.61 Å². The number of halogens is 1. The molecule has 0 bridgehead atoms. The smallest absolute Gasteiger partial charge is 0.209 e. The highest BCUT2D eigenvalue weighted by molar-refractivity contribution is 6.30. The average molecular weight is 271 g/mol. The number of rotatable bonds is 1. The van der Waals surface area contributed by atoms with Crippen LogP contribution in [0.25, 0.3) is 0 Å². The second kappa shape index (κ2) is 4.47. The largest absolute Gasteiger partial charge is 0.361 e. The standard InChI is InChI=1S/C13H19ClN2O2/c1-9-13(17,10-5-4-6-11(14)7-10)18-8-12(2,3)16(9)15/h4-7,9,17H,8,15H2,1-3H3. The average Bonchev–Trinajstić information content (AvgIpc) is 2.32. The molecule has 1 heterocycles. The van der Waals surface area contributed by atoms with Gasteiger partial charge in [-0.2, -0.15) is 0 Å². The molecule has 2 atom stereocenters. The molecule has 0 aliphatic carbocycles. The van der Waals surface area contributed by atoms with Gasteiger partial charge in [0.25, 0.3) is 0 Å². The van der Waals surface area contributed by atoms with Crippen LogP contribution < -0.4 is 5.84 Å². The van der Waals surface area contributed by atoms with Gasteiger partial charge in [0, 0.05) is 10.6 Å². The zero-order chi connectivity index (χ0) is 13.6. The summed E-state index contributed by atoms with van der Waals surface area (Å²) >= 11 is 5.95. The van der Waals surface area contributed by atoms with Gasteiger partial charge >= 0.3 is 0 Å². The number of morpholine rings is 1. The van der Waals surface area contributed by atoms with E-state index in [0.29, 0.717) is 17.2 Å². The number of hydrazine groups is 1. The van der Waals surface area contributed by atoms with E-state index < -0.39 is 5.79 Å². The van der Waals surface area contributed by atoms with Crippen LogP contribution in [0.1, 0.15) is 26.3 Å². The zero-order valence-electron chi connectivity index (χ0n) is 10.9. The van der Waals surface area contributed by atoms with E-state index in [1.54, 1.807) is 29.3 Å². The summed E-state index contributed by atoms with van der Waals surface area (Å²) < 4.78 is 5.68. The van der Waals surface area contributed by atoms with Crippen molar-refractivity contribution >= 4 is 11.6 Å². The van der Waals surface area contributed by atoms with Crippen molar-refractivity contribution in [3.63, 3.8) is 0 Å². The number of aliphatic hydroxyl groups is 1. The van der Waals surface area contributed by atoms with Crippen LogP contribution in [0.3, 0.4) is 0 Å². The summed E-state index contributed by atoms with van der Waals surface area (Å²) in [7, 11) is 0. The first-order valence-corrected chi connectivity index (χ1v) is 6.31. The molecule has 3 N–H and O–H groups in total. The van der Waals surface area contributed by atoms with Crippen LogP contribution in [0.4, 0.5) is 0 Å². The number of hydrogen-bond acceptors (Lipinski definition) is 4. The SMILES string of the molecule is CC1N(N)C(C)(C)COC1(O)c1cccc(Cl)c1. The summed E-state index contributed by atoms with van der Waals surface area (Å²) in [4.78, 5) is 0. The molecule has 2 rings (SSSR count). The molecule has 0 amide bonds. The van der Waals surface area contributed by atoms with Crippen molar-refractivity contribution < 1.29 is 9.84 Å². The fourth-order valence-corrected chi connectivity index (χ4v) is 2.42. The van der Waals surface area contributed by atoms with Gasteiger partial charge in [0.1, 0.15) is 0 Å². The lowest BCUT2D eigenvalue weighted by molar-refractivity contribution is -0.303. The molecular weight excluding hydrogens is 252 g/mol. The summed E-state index contributed by atoms with van der Waals surface area (Å²) in [5.41, 5.74) is 0.304. The van der Waals surface area contributed by atoms with E-state index in [1.165, 1.54) is 0 Å². The Kier molecular flexibility index (Phi) is 3.42. The molecule has 1 saturated heterocycles. The Labute approximate surface area is 112 Å². The van der Waals surface area contributed by atoms with Crippen molar-refractivity contribution in [3.05, 3.63) is 34.9 Å². The van der Waals surface area contributed by atoms with Crippen molar-refractivity contribution in [1.29, 1.82) is 0 Å². The fourth-order valence-electron chi connectivity index (χ4n) is 2.23. The minimum absolute atomic E-state index is 0.315. The highest BCUT2D eigenvalue weighted by atomic mass is 35.5. The molecule has 1 fully saturated rings. The van der Waals surface area contributed by atoms with E-state index in [1.807, 2.05) is 20.8 Å². The molecule has 0 saturated carbocycles. The lowest BCUT2D eigenvalue weighted by atomic mass is 9.91. The van der Waals surface area contributed by atoms with E-state index >= 15 is 0 Å². The van der Waals surface area contributed by atoms with Gasteiger partial charge in [-0.3, -0.25) is 5.84 Å².